The number of methoxy groups -OCH3 is 1. The van der Waals surface area contributed by atoms with Crippen molar-refractivity contribution in [2.75, 3.05) is 18.6 Å². The molecule has 1 unspecified atom stereocenters. The van der Waals surface area contributed by atoms with Gasteiger partial charge in [0, 0.05) is 0 Å². The van der Waals surface area contributed by atoms with Crippen molar-refractivity contribution in [3.05, 3.63) is 29.8 Å². The second-order valence-corrected chi connectivity index (χ2v) is 6.89. The van der Waals surface area contributed by atoms with Crippen LogP contribution in [0.2, 0.25) is 0 Å². The molecule has 0 bridgehead atoms. The van der Waals surface area contributed by atoms with Crippen LogP contribution < -0.4 is 10.1 Å². The number of sulfone groups is 1. The highest BCUT2D eigenvalue weighted by molar-refractivity contribution is 7.92. The molecule has 0 aromatic heterocycles. The van der Waals surface area contributed by atoms with E-state index in [0.29, 0.717) is 17.7 Å². The third-order valence-corrected chi connectivity index (χ3v) is 4.60. The zero-order chi connectivity index (χ0) is 16.8. The van der Waals surface area contributed by atoms with Gasteiger partial charge in [-0.2, -0.15) is 0 Å². The normalized spacial score (nSPS) is 12.5. The summed E-state index contributed by atoms with van der Waals surface area (Å²) >= 11 is 0. The van der Waals surface area contributed by atoms with Crippen molar-refractivity contribution < 1.29 is 27.9 Å². The Morgan fingerprint density at radius 3 is 2.32 bits per heavy atom. The van der Waals surface area contributed by atoms with Crippen LogP contribution >= 0.6 is 0 Å². The van der Waals surface area contributed by atoms with Gasteiger partial charge in [-0.1, -0.05) is 19.1 Å². The zero-order valence-corrected chi connectivity index (χ0v) is 13.2. The van der Waals surface area contributed by atoms with E-state index in [1.54, 1.807) is 19.1 Å². The standard InChI is InChI=1S/C14H19NO6S/c1-3-8-22(19,20)9-12(16)15-13(14(17)18)10-4-6-11(21-2)7-5-10/h4-7,13H,3,8-9H2,1-2H3,(H,15,16)(H,17,18). The largest absolute Gasteiger partial charge is 0.497 e. The van der Waals surface area contributed by atoms with Crippen LogP contribution in [0.5, 0.6) is 5.75 Å². The van der Waals surface area contributed by atoms with Gasteiger partial charge in [-0.15, -0.1) is 0 Å². The fourth-order valence-electron chi connectivity index (χ4n) is 1.87. The van der Waals surface area contributed by atoms with E-state index in [2.05, 4.69) is 5.32 Å². The number of carbonyl (C=O) groups is 2. The van der Waals surface area contributed by atoms with Crippen LogP contribution in [-0.2, 0) is 19.4 Å². The summed E-state index contributed by atoms with van der Waals surface area (Å²) in [6, 6.07) is 4.81. The van der Waals surface area contributed by atoms with Gasteiger partial charge in [0.15, 0.2) is 15.9 Å². The number of ether oxygens (including phenoxy) is 1. The van der Waals surface area contributed by atoms with Crippen molar-refractivity contribution in [3.8, 4) is 5.75 Å². The summed E-state index contributed by atoms with van der Waals surface area (Å²) in [6.07, 6.45) is 0.399. The Bertz CT molecular complexity index is 623. The van der Waals surface area contributed by atoms with Gasteiger partial charge in [0.05, 0.1) is 12.9 Å². The topological polar surface area (TPSA) is 110 Å². The first-order valence-electron chi connectivity index (χ1n) is 6.65. The quantitative estimate of drug-likeness (QED) is 0.729. The average molecular weight is 329 g/mol. The van der Waals surface area contributed by atoms with Crippen molar-refractivity contribution >= 4 is 21.7 Å². The molecule has 1 rings (SSSR count). The van der Waals surface area contributed by atoms with Crippen LogP contribution in [0.25, 0.3) is 0 Å². The minimum Gasteiger partial charge on any atom is -0.497 e. The van der Waals surface area contributed by atoms with E-state index >= 15 is 0 Å². The van der Waals surface area contributed by atoms with E-state index in [9.17, 15) is 23.1 Å². The summed E-state index contributed by atoms with van der Waals surface area (Å²) < 4.78 is 28.1. The lowest BCUT2D eigenvalue weighted by Gasteiger charge is -2.15. The van der Waals surface area contributed by atoms with Crippen LogP contribution in [0.15, 0.2) is 24.3 Å². The average Bonchev–Trinajstić information content (AvgIpc) is 2.44. The predicted molar refractivity (Wildman–Crippen MR) is 80.5 cm³/mol. The maximum Gasteiger partial charge on any atom is 0.330 e. The summed E-state index contributed by atoms with van der Waals surface area (Å²) in [6.45, 7) is 1.69. The van der Waals surface area contributed by atoms with Crippen LogP contribution in [0.4, 0.5) is 0 Å². The van der Waals surface area contributed by atoms with Crippen LogP contribution in [0.3, 0.4) is 0 Å². The van der Waals surface area contributed by atoms with E-state index < -0.39 is 33.5 Å². The van der Waals surface area contributed by atoms with Crippen LogP contribution in [0.1, 0.15) is 24.9 Å². The highest BCUT2D eigenvalue weighted by Gasteiger charge is 2.24. The number of carboxylic acids is 1. The molecule has 7 nitrogen and oxygen atoms in total. The highest BCUT2D eigenvalue weighted by Crippen LogP contribution is 2.18. The molecule has 0 aliphatic carbocycles. The van der Waals surface area contributed by atoms with Gasteiger partial charge >= 0.3 is 5.97 Å². The number of carboxylic acid groups (broad SMARTS) is 1. The fourth-order valence-corrected chi connectivity index (χ4v) is 3.12. The monoisotopic (exact) mass is 329 g/mol. The molecule has 0 radical (unpaired) electrons. The number of nitrogens with one attached hydrogen (secondary N) is 1. The van der Waals surface area contributed by atoms with Gasteiger partial charge in [-0.3, -0.25) is 4.79 Å². The van der Waals surface area contributed by atoms with E-state index in [-0.39, 0.29) is 5.75 Å². The SMILES string of the molecule is CCCS(=O)(=O)CC(=O)NC(C(=O)O)c1ccc(OC)cc1. The second-order valence-electron chi connectivity index (χ2n) is 4.70. The number of benzene rings is 1. The Balaban J connectivity index is 2.84. The molecule has 1 aromatic rings. The maximum atomic E-state index is 11.8. The van der Waals surface area contributed by atoms with Crippen molar-refractivity contribution in [1.29, 1.82) is 0 Å². The Morgan fingerprint density at radius 1 is 1.27 bits per heavy atom. The van der Waals surface area contributed by atoms with Crippen molar-refractivity contribution in [1.82, 2.24) is 5.32 Å². The molecule has 122 valence electrons. The van der Waals surface area contributed by atoms with E-state index in [1.165, 1.54) is 19.2 Å². The Hall–Kier alpha value is -2.09. The number of hydrogen-bond donors (Lipinski definition) is 2. The number of carbonyl (C=O) groups excluding carboxylic acids is 1. The van der Waals surface area contributed by atoms with Crippen LogP contribution in [0, 0.1) is 0 Å². The fraction of sp³-hybridized carbons (Fsp3) is 0.429. The number of amides is 1. The zero-order valence-electron chi connectivity index (χ0n) is 12.4. The summed E-state index contributed by atoms with van der Waals surface area (Å²) in [5.74, 6) is -2.39. The first kappa shape index (κ1) is 18.0. The summed E-state index contributed by atoms with van der Waals surface area (Å²) in [5.41, 5.74) is 0.328. The Morgan fingerprint density at radius 2 is 1.86 bits per heavy atom. The lowest BCUT2D eigenvalue weighted by atomic mass is 10.1. The number of aliphatic carboxylic acids is 1. The van der Waals surface area contributed by atoms with Gasteiger partial charge in [0.1, 0.15) is 11.5 Å². The molecule has 0 saturated carbocycles. The van der Waals surface area contributed by atoms with Gasteiger partial charge in [0.25, 0.3) is 0 Å². The lowest BCUT2D eigenvalue weighted by Crippen LogP contribution is -2.37. The molecule has 8 heteroatoms. The first-order valence-corrected chi connectivity index (χ1v) is 8.47. The second kappa shape index (κ2) is 7.79. The van der Waals surface area contributed by atoms with Gasteiger partial charge in [0.2, 0.25) is 5.91 Å². The Labute approximate surface area is 129 Å². The van der Waals surface area contributed by atoms with E-state index in [4.69, 9.17) is 4.74 Å². The van der Waals surface area contributed by atoms with Crippen molar-refractivity contribution in [2.24, 2.45) is 0 Å². The molecule has 0 fully saturated rings. The van der Waals surface area contributed by atoms with Gasteiger partial charge in [-0.25, -0.2) is 13.2 Å². The smallest absolute Gasteiger partial charge is 0.330 e. The molecular weight excluding hydrogens is 310 g/mol. The third-order valence-electron chi connectivity index (χ3n) is 2.87. The van der Waals surface area contributed by atoms with Crippen LogP contribution in [-0.4, -0.2) is 44.0 Å². The summed E-state index contributed by atoms with van der Waals surface area (Å²) in [7, 11) is -2.04. The molecule has 0 heterocycles. The van der Waals surface area contributed by atoms with Crippen molar-refractivity contribution in [2.45, 2.75) is 19.4 Å². The Kier molecular flexibility index (Phi) is 6.36. The van der Waals surface area contributed by atoms with Gasteiger partial charge < -0.3 is 15.2 Å². The molecule has 1 atom stereocenters. The number of hydrogen-bond acceptors (Lipinski definition) is 5. The third kappa shape index (κ3) is 5.36. The minimum atomic E-state index is -3.52. The predicted octanol–water partition coefficient (Wildman–Crippen LogP) is 0.762. The summed E-state index contributed by atoms with van der Waals surface area (Å²) in [4.78, 5) is 23.1. The molecular formula is C14H19NO6S. The van der Waals surface area contributed by atoms with Gasteiger partial charge in [-0.05, 0) is 24.1 Å². The van der Waals surface area contributed by atoms with E-state index in [1.807, 2.05) is 0 Å². The molecule has 1 aromatic carbocycles. The lowest BCUT2D eigenvalue weighted by molar-refractivity contribution is -0.141. The molecule has 2 N–H and O–H groups in total. The summed E-state index contributed by atoms with van der Waals surface area (Å²) in [5, 5.41) is 11.4. The highest BCUT2D eigenvalue weighted by atomic mass is 32.2. The molecule has 0 aliphatic heterocycles. The first-order chi connectivity index (χ1) is 10.3. The molecule has 0 aliphatic rings. The molecule has 0 spiro atoms. The maximum absolute atomic E-state index is 11.8. The number of rotatable bonds is 8. The molecule has 0 saturated heterocycles. The van der Waals surface area contributed by atoms with E-state index in [0.717, 1.165) is 0 Å². The molecule has 22 heavy (non-hydrogen) atoms. The minimum absolute atomic E-state index is 0.110. The molecule has 1 amide bonds. The van der Waals surface area contributed by atoms with Crippen molar-refractivity contribution in [3.63, 3.8) is 0 Å².